The van der Waals surface area contributed by atoms with Gasteiger partial charge in [0.25, 0.3) is 0 Å². The van der Waals surface area contributed by atoms with E-state index >= 15 is 0 Å². The summed E-state index contributed by atoms with van der Waals surface area (Å²) < 4.78 is 5.57. The number of ether oxygens (including phenoxy) is 1. The molecule has 0 saturated carbocycles. The summed E-state index contributed by atoms with van der Waals surface area (Å²) in [5.74, 6) is 1.58. The minimum atomic E-state index is 0.259. The zero-order chi connectivity index (χ0) is 13.8. The van der Waals surface area contributed by atoms with Crippen LogP contribution in [0.15, 0.2) is 0 Å². The molecule has 3 heterocycles. The normalized spacial score (nSPS) is 23.3. The number of nitrogens with one attached hydrogen (secondary N) is 1. The van der Waals surface area contributed by atoms with Gasteiger partial charge in [0.15, 0.2) is 0 Å². The van der Waals surface area contributed by atoms with Crippen LogP contribution in [0.2, 0.25) is 0 Å². The third-order valence-corrected chi connectivity index (χ3v) is 3.77. The minimum Gasteiger partial charge on any atom is -0.376 e. The number of anilines is 2. The molecule has 0 amide bonds. The molecule has 1 aromatic rings. The molecular weight excluding hydrogens is 256 g/mol. The molecule has 2 fully saturated rings. The molecule has 3 N–H and O–H groups in total. The fourth-order valence-corrected chi connectivity index (χ4v) is 2.74. The SMILES string of the molecule is Nc1nc(CN2CCCC2)nc(NCC2CCCO2)n1. The van der Waals surface area contributed by atoms with Gasteiger partial charge in [0.2, 0.25) is 11.9 Å². The molecule has 1 unspecified atom stereocenters. The molecule has 0 spiro atoms. The molecule has 7 nitrogen and oxygen atoms in total. The fraction of sp³-hybridized carbons (Fsp3) is 0.769. The van der Waals surface area contributed by atoms with Gasteiger partial charge in [-0.15, -0.1) is 0 Å². The number of likely N-dealkylation sites (tertiary alicyclic amines) is 1. The second kappa shape index (κ2) is 6.32. The van der Waals surface area contributed by atoms with Gasteiger partial charge in [-0.25, -0.2) is 0 Å². The van der Waals surface area contributed by atoms with Crippen LogP contribution in [0.5, 0.6) is 0 Å². The first-order chi connectivity index (χ1) is 9.79. The average Bonchev–Trinajstić information content (AvgIpc) is 3.08. The Labute approximate surface area is 118 Å². The monoisotopic (exact) mass is 278 g/mol. The van der Waals surface area contributed by atoms with Crippen LogP contribution >= 0.6 is 0 Å². The molecule has 3 rings (SSSR count). The predicted octanol–water partition coefficient (Wildman–Crippen LogP) is 0.640. The van der Waals surface area contributed by atoms with Crippen LogP contribution in [0, 0.1) is 0 Å². The van der Waals surface area contributed by atoms with Crippen LogP contribution in [0.1, 0.15) is 31.5 Å². The van der Waals surface area contributed by atoms with Crippen molar-refractivity contribution in [3.8, 4) is 0 Å². The Morgan fingerprint density at radius 1 is 1.20 bits per heavy atom. The van der Waals surface area contributed by atoms with E-state index < -0.39 is 0 Å². The summed E-state index contributed by atoms with van der Waals surface area (Å²) in [5, 5.41) is 3.21. The summed E-state index contributed by atoms with van der Waals surface area (Å²) in [6.45, 7) is 4.56. The first-order valence-electron chi connectivity index (χ1n) is 7.38. The van der Waals surface area contributed by atoms with E-state index in [1.54, 1.807) is 0 Å². The summed E-state index contributed by atoms with van der Waals surface area (Å²) >= 11 is 0. The predicted molar refractivity (Wildman–Crippen MR) is 76.2 cm³/mol. The molecule has 2 aliphatic rings. The highest BCUT2D eigenvalue weighted by atomic mass is 16.5. The molecule has 110 valence electrons. The quantitative estimate of drug-likeness (QED) is 0.817. The second-order valence-electron chi connectivity index (χ2n) is 5.43. The van der Waals surface area contributed by atoms with E-state index in [9.17, 15) is 0 Å². The zero-order valence-electron chi connectivity index (χ0n) is 11.7. The van der Waals surface area contributed by atoms with Gasteiger partial charge in [0.1, 0.15) is 5.82 Å². The standard InChI is InChI=1S/C13H22N6O/c14-12-16-11(9-19-5-1-2-6-19)17-13(18-12)15-8-10-4-3-7-20-10/h10H,1-9H2,(H3,14,15,16,17,18). The molecule has 0 aliphatic carbocycles. The maximum Gasteiger partial charge on any atom is 0.227 e. The molecular formula is C13H22N6O. The molecule has 1 atom stereocenters. The van der Waals surface area contributed by atoms with Gasteiger partial charge in [-0.1, -0.05) is 0 Å². The Balaban J connectivity index is 1.59. The lowest BCUT2D eigenvalue weighted by Gasteiger charge is -2.15. The first kappa shape index (κ1) is 13.5. The molecule has 2 saturated heterocycles. The first-order valence-corrected chi connectivity index (χ1v) is 7.38. The average molecular weight is 278 g/mol. The summed E-state index contributed by atoms with van der Waals surface area (Å²) in [6.07, 6.45) is 4.99. The fourth-order valence-electron chi connectivity index (χ4n) is 2.74. The second-order valence-corrected chi connectivity index (χ2v) is 5.43. The van der Waals surface area contributed by atoms with Crippen molar-refractivity contribution >= 4 is 11.9 Å². The van der Waals surface area contributed by atoms with E-state index in [2.05, 4.69) is 25.2 Å². The van der Waals surface area contributed by atoms with Crippen molar-refractivity contribution in [3.05, 3.63) is 5.82 Å². The number of nitrogens with zero attached hydrogens (tertiary/aromatic N) is 4. The number of hydrogen-bond donors (Lipinski definition) is 2. The smallest absolute Gasteiger partial charge is 0.227 e. The highest BCUT2D eigenvalue weighted by molar-refractivity contribution is 5.31. The lowest BCUT2D eigenvalue weighted by molar-refractivity contribution is 0.120. The number of nitrogens with two attached hydrogens (primary N) is 1. The number of hydrogen-bond acceptors (Lipinski definition) is 7. The Hall–Kier alpha value is -1.47. The Kier molecular flexibility index (Phi) is 4.27. The minimum absolute atomic E-state index is 0.259. The van der Waals surface area contributed by atoms with E-state index in [0.717, 1.165) is 51.5 Å². The topological polar surface area (TPSA) is 89.2 Å². The van der Waals surface area contributed by atoms with Gasteiger partial charge in [0, 0.05) is 13.2 Å². The summed E-state index contributed by atoms with van der Waals surface area (Å²) in [7, 11) is 0. The van der Waals surface area contributed by atoms with Crippen molar-refractivity contribution in [1.29, 1.82) is 0 Å². The van der Waals surface area contributed by atoms with E-state index in [0.29, 0.717) is 5.95 Å². The molecule has 0 radical (unpaired) electrons. The Bertz CT molecular complexity index is 442. The summed E-state index contributed by atoms with van der Waals surface area (Å²) in [5.41, 5.74) is 5.77. The molecule has 1 aromatic heterocycles. The third-order valence-electron chi connectivity index (χ3n) is 3.77. The van der Waals surface area contributed by atoms with Crippen molar-refractivity contribution < 1.29 is 4.74 Å². The van der Waals surface area contributed by atoms with Crippen LogP contribution in [0.25, 0.3) is 0 Å². The van der Waals surface area contributed by atoms with Gasteiger partial charge >= 0.3 is 0 Å². The van der Waals surface area contributed by atoms with E-state index in [1.165, 1.54) is 12.8 Å². The molecule has 20 heavy (non-hydrogen) atoms. The lowest BCUT2D eigenvalue weighted by Crippen LogP contribution is -2.23. The van der Waals surface area contributed by atoms with Gasteiger partial charge < -0.3 is 15.8 Å². The Morgan fingerprint density at radius 2 is 2.05 bits per heavy atom. The molecule has 0 aromatic carbocycles. The molecule has 7 heteroatoms. The molecule has 0 bridgehead atoms. The van der Waals surface area contributed by atoms with Crippen LogP contribution < -0.4 is 11.1 Å². The van der Waals surface area contributed by atoms with Gasteiger partial charge in [0.05, 0.1) is 12.6 Å². The van der Waals surface area contributed by atoms with E-state index in [4.69, 9.17) is 10.5 Å². The third kappa shape index (κ3) is 3.55. The zero-order valence-corrected chi connectivity index (χ0v) is 11.7. The van der Waals surface area contributed by atoms with Gasteiger partial charge in [-0.3, -0.25) is 4.90 Å². The largest absolute Gasteiger partial charge is 0.376 e. The lowest BCUT2D eigenvalue weighted by atomic mass is 10.2. The highest BCUT2D eigenvalue weighted by Crippen LogP contribution is 2.14. The van der Waals surface area contributed by atoms with Crippen LogP contribution in [0.4, 0.5) is 11.9 Å². The maximum atomic E-state index is 5.77. The van der Waals surface area contributed by atoms with Crippen molar-refractivity contribution in [1.82, 2.24) is 19.9 Å². The van der Waals surface area contributed by atoms with E-state index in [-0.39, 0.29) is 12.1 Å². The Morgan fingerprint density at radius 3 is 2.80 bits per heavy atom. The van der Waals surface area contributed by atoms with Crippen LogP contribution in [0.3, 0.4) is 0 Å². The van der Waals surface area contributed by atoms with Crippen molar-refractivity contribution in [2.24, 2.45) is 0 Å². The van der Waals surface area contributed by atoms with Crippen LogP contribution in [-0.2, 0) is 11.3 Å². The van der Waals surface area contributed by atoms with Crippen molar-refractivity contribution in [2.45, 2.75) is 38.3 Å². The number of nitrogen functional groups attached to an aromatic ring is 1. The molecule has 2 aliphatic heterocycles. The summed E-state index contributed by atoms with van der Waals surface area (Å²) in [4.78, 5) is 15.2. The van der Waals surface area contributed by atoms with Crippen molar-refractivity contribution in [3.63, 3.8) is 0 Å². The number of rotatable bonds is 5. The van der Waals surface area contributed by atoms with E-state index in [1.807, 2.05) is 0 Å². The van der Waals surface area contributed by atoms with Gasteiger partial charge in [-0.05, 0) is 38.8 Å². The van der Waals surface area contributed by atoms with Crippen molar-refractivity contribution in [2.75, 3.05) is 37.3 Å². The maximum absolute atomic E-state index is 5.77. The number of aromatic nitrogens is 3. The summed E-state index contributed by atoms with van der Waals surface area (Å²) in [6, 6.07) is 0. The highest BCUT2D eigenvalue weighted by Gasteiger charge is 2.17. The van der Waals surface area contributed by atoms with Gasteiger partial charge in [-0.2, -0.15) is 15.0 Å². The van der Waals surface area contributed by atoms with Crippen LogP contribution in [-0.4, -0.2) is 52.2 Å².